The van der Waals surface area contributed by atoms with Crippen molar-refractivity contribution in [1.29, 1.82) is 5.41 Å². The summed E-state index contributed by atoms with van der Waals surface area (Å²) in [6.07, 6.45) is 0. The fourth-order valence-electron chi connectivity index (χ4n) is 4.11. The Balaban J connectivity index is 2.06. The zero-order valence-corrected chi connectivity index (χ0v) is 18.0. The smallest absolute Gasteiger partial charge is 0.420 e. The van der Waals surface area contributed by atoms with Gasteiger partial charge in [0.15, 0.2) is 5.58 Å². The Bertz CT molecular complexity index is 1390. The van der Waals surface area contributed by atoms with Crippen molar-refractivity contribution in [2.24, 2.45) is 0 Å². The number of oxazole rings is 1. The van der Waals surface area contributed by atoms with Gasteiger partial charge in [-0.05, 0) is 31.5 Å². The standard InChI is InChI=1S/C24H23N3O5/c1-13(25)21(14(2)29)17-9-18-16(10-20(17)31-3)22-23(19(12-28)26-18)32-24(30)27(22)11-15-7-5-4-6-8-15/h4-10,21,25,28H,11-12H2,1-3H3. The zero-order valence-electron chi connectivity index (χ0n) is 18.0. The molecule has 4 rings (SSSR count). The van der Waals surface area contributed by atoms with E-state index in [0.717, 1.165) is 5.56 Å². The van der Waals surface area contributed by atoms with Crippen LogP contribution in [-0.2, 0) is 17.9 Å². The van der Waals surface area contributed by atoms with Gasteiger partial charge in [0.1, 0.15) is 22.7 Å². The van der Waals surface area contributed by atoms with Crippen molar-refractivity contribution in [3.8, 4) is 5.75 Å². The predicted octanol–water partition coefficient (Wildman–Crippen LogP) is 3.40. The van der Waals surface area contributed by atoms with Crippen molar-refractivity contribution in [1.82, 2.24) is 9.55 Å². The van der Waals surface area contributed by atoms with Gasteiger partial charge in [0.25, 0.3) is 0 Å². The average Bonchev–Trinajstić information content (AvgIpc) is 3.09. The highest BCUT2D eigenvalue weighted by Gasteiger charge is 2.26. The largest absolute Gasteiger partial charge is 0.496 e. The number of Topliss-reactive ketones (excluding diaryl/α,β-unsaturated/α-hetero) is 1. The number of ketones is 1. The highest BCUT2D eigenvalue weighted by Crippen LogP contribution is 2.36. The fourth-order valence-corrected chi connectivity index (χ4v) is 4.11. The lowest BCUT2D eigenvalue weighted by Crippen LogP contribution is -2.18. The van der Waals surface area contributed by atoms with Crippen molar-refractivity contribution in [3.05, 3.63) is 69.8 Å². The van der Waals surface area contributed by atoms with E-state index < -0.39 is 18.3 Å². The molecule has 0 saturated heterocycles. The summed E-state index contributed by atoms with van der Waals surface area (Å²) in [6.45, 7) is 2.84. The van der Waals surface area contributed by atoms with Gasteiger partial charge in [-0.3, -0.25) is 9.36 Å². The molecule has 0 fully saturated rings. The Labute approximate surface area is 183 Å². The van der Waals surface area contributed by atoms with E-state index in [1.165, 1.54) is 18.6 Å². The van der Waals surface area contributed by atoms with E-state index in [1.807, 2.05) is 30.3 Å². The average molecular weight is 433 g/mol. The number of benzene rings is 2. The minimum Gasteiger partial charge on any atom is -0.496 e. The van der Waals surface area contributed by atoms with Gasteiger partial charge in [-0.15, -0.1) is 0 Å². The molecule has 0 spiro atoms. The number of nitrogens with zero attached hydrogens (tertiary/aromatic N) is 2. The Morgan fingerprint density at radius 2 is 1.97 bits per heavy atom. The molecule has 1 atom stereocenters. The Morgan fingerprint density at radius 1 is 1.25 bits per heavy atom. The summed E-state index contributed by atoms with van der Waals surface area (Å²) in [5.74, 6) is -1.12. The van der Waals surface area contributed by atoms with Crippen LogP contribution in [0.1, 0.15) is 36.6 Å². The monoisotopic (exact) mass is 433 g/mol. The van der Waals surface area contributed by atoms with E-state index in [0.29, 0.717) is 27.7 Å². The van der Waals surface area contributed by atoms with E-state index in [9.17, 15) is 14.7 Å². The minimum absolute atomic E-state index is 0.183. The molecule has 0 bridgehead atoms. The van der Waals surface area contributed by atoms with Gasteiger partial charge in [-0.2, -0.15) is 0 Å². The number of aliphatic hydroxyl groups excluding tert-OH is 1. The van der Waals surface area contributed by atoms with Crippen LogP contribution in [0.15, 0.2) is 51.7 Å². The van der Waals surface area contributed by atoms with Gasteiger partial charge in [-0.1, -0.05) is 30.3 Å². The normalized spacial score (nSPS) is 12.2. The number of aromatic nitrogens is 2. The first kappa shape index (κ1) is 21.5. The summed E-state index contributed by atoms with van der Waals surface area (Å²) in [4.78, 5) is 29.5. The highest BCUT2D eigenvalue weighted by atomic mass is 16.5. The van der Waals surface area contributed by atoms with Crippen LogP contribution in [0, 0.1) is 5.41 Å². The highest BCUT2D eigenvalue weighted by molar-refractivity contribution is 6.09. The number of carbonyl (C=O) groups excluding carboxylic acids is 1. The lowest BCUT2D eigenvalue weighted by molar-refractivity contribution is -0.117. The molecule has 0 radical (unpaired) electrons. The third-order valence-corrected chi connectivity index (χ3v) is 5.50. The first-order chi connectivity index (χ1) is 15.3. The molecule has 0 aliphatic heterocycles. The van der Waals surface area contributed by atoms with Gasteiger partial charge in [0.05, 0.1) is 31.7 Å². The van der Waals surface area contributed by atoms with Crippen LogP contribution in [0.3, 0.4) is 0 Å². The lowest BCUT2D eigenvalue weighted by Gasteiger charge is -2.18. The van der Waals surface area contributed by atoms with Gasteiger partial charge < -0.3 is 19.7 Å². The lowest BCUT2D eigenvalue weighted by atomic mass is 9.89. The van der Waals surface area contributed by atoms with Crippen LogP contribution in [0.25, 0.3) is 22.0 Å². The number of carbonyl (C=O) groups is 1. The van der Waals surface area contributed by atoms with Crippen molar-refractivity contribution in [2.45, 2.75) is 32.9 Å². The molecular weight excluding hydrogens is 410 g/mol. The van der Waals surface area contributed by atoms with Crippen LogP contribution < -0.4 is 10.5 Å². The molecule has 32 heavy (non-hydrogen) atoms. The summed E-state index contributed by atoms with van der Waals surface area (Å²) in [5.41, 5.74) is 2.99. The minimum atomic E-state index is -0.778. The van der Waals surface area contributed by atoms with Gasteiger partial charge in [0.2, 0.25) is 0 Å². The molecule has 0 saturated carbocycles. The molecule has 164 valence electrons. The third-order valence-electron chi connectivity index (χ3n) is 5.50. The van der Waals surface area contributed by atoms with E-state index in [4.69, 9.17) is 14.6 Å². The summed E-state index contributed by atoms with van der Waals surface area (Å²) in [5, 5.41) is 18.6. The number of aliphatic hydroxyl groups is 1. The number of pyridine rings is 1. The van der Waals surface area contributed by atoms with Crippen molar-refractivity contribution in [2.75, 3.05) is 7.11 Å². The first-order valence-electron chi connectivity index (χ1n) is 10.1. The van der Waals surface area contributed by atoms with E-state index in [2.05, 4.69) is 4.98 Å². The number of methoxy groups -OCH3 is 1. The summed E-state index contributed by atoms with van der Waals surface area (Å²) < 4.78 is 12.5. The number of nitrogens with one attached hydrogen (secondary N) is 1. The second-order valence-corrected chi connectivity index (χ2v) is 7.67. The van der Waals surface area contributed by atoms with E-state index >= 15 is 0 Å². The molecule has 2 N–H and O–H groups in total. The Kier molecular flexibility index (Phi) is 5.63. The second kappa shape index (κ2) is 8.39. The van der Waals surface area contributed by atoms with Crippen molar-refractivity contribution in [3.63, 3.8) is 0 Å². The quantitative estimate of drug-likeness (QED) is 0.431. The zero-order chi connectivity index (χ0) is 23.0. The molecule has 0 amide bonds. The summed E-state index contributed by atoms with van der Waals surface area (Å²) >= 11 is 0. The van der Waals surface area contributed by atoms with Crippen LogP contribution in [0.2, 0.25) is 0 Å². The number of fused-ring (bicyclic) bond motifs is 3. The molecule has 0 aliphatic carbocycles. The van der Waals surface area contributed by atoms with Crippen LogP contribution in [0.4, 0.5) is 0 Å². The number of hydrogen-bond donors (Lipinski definition) is 2. The molecular formula is C24H23N3O5. The maximum atomic E-state index is 12.7. The first-order valence-corrected chi connectivity index (χ1v) is 10.1. The maximum Gasteiger partial charge on any atom is 0.420 e. The third kappa shape index (κ3) is 3.58. The Hall–Kier alpha value is -3.78. The second-order valence-electron chi connectivity index (χ2n) is 7.67. The number of hydrogen-bond acceptors (Lipinski definition) is 7. The molecule has 0 aliphatic rings. The van der Waals surface area contributed by atoms with Crippen LogP contribution in [-0.4, -0.2) is 33.3 Å². The van der Waals surface area contributed by atoms with Crippen LogP contribution in [0.5, 0.6) is 5.75 Å². The molecule has 4 aromatic rings. The summed E-state index contributed by atoms with van der Waals surface area (Å²) in [7, 11) is 1.49. The maximum absolute atomic E-state index is 12.7. The van der Waals surface area contributed by atoms with Gasteiger partial charge >= 0.3 is 5.76 Å². The molecule has 1 unspecified atom stereocenters. The van der Waals surface area contributed by atoms with Crippen LogP contribution >= 0.6 is 0 Å². The fraction of sp³-hybridized carbons (Fsp3) is 0.250. The molecule has 2 aromatic carbocycles. The SMILES string of the molecule is COc1cc2c(cc1C(C(C)=N)C(C)=O)nc(CO)c1oc(=O)n(Cc3ccccc3)c12. The predicted molar refractivity (Wildman–Crippen MR) is 121 cm³/mol. The van der Waals surface area contributed by atoms with Gasteiger partial charge in [0, 0.05) is 16.7 Å². The molecule has 2 aromatic heterocycles. The van der Waals surface area contributed by atoms with Gasteiger partial charge in [-0.25, -0.2) is 9.78 Å². The summed E-state index contributed by atoms with van der Waals surface area (Å²) in [6, 6.07) is 12.9. The van der Waals surface area contributed by atoms with E-state index in [-0.39, 0.29) is 29.3 Å². The number of ether oxygens (including phenoxy) is 1. The molecule has 2 heterocycles. The van der Waals surface area contributed by atoms with Crippen molar-refractivity contribution < 1.29 is 19.1 Å². The number of rotatable bonds is 7. The van der Waals surface area contributed by atoms with E-state index in [1.54, 1.807) is 19.1 Å². The topological polar surface area (TPSA) is 118 Å². The van der Waals surface area contributed by atoms with Crippen molar-refractivity contribution >= 4 is 33.5 Å². The molecule has 8 heteroatoms. The Morgan fingerprint density at radius 3 is 2.56 bits per heavy atom. The molecule has 8 nitrogen and oxygen atoms in total.